The van der Waals surface area contributed by atoms with Crippen LogP contribution in [0.5, 0.6) is 0 Å². The summed E-state index contributed by atoms with van der Waals surface area (Å²) < 4.78 is 0. The number of rotatable bonds is 20. The summed E-state index contributed by atoms with van der Waals surface area (Å²) in [6, 6.07) is 6.80. The van der Waals surface area contributed by atoms with Gasteiger partial charge in [-0.15, -0.1) is 0 Å². The van der Waals surface area contributed by atoms with E-state index in [-0.39, 0.29) is 5.91 Å². The summed E-state index contributed by atoms with van der Waals surface area (Å²) in [6.07, 6.45) is 24.0. The standard InChI is InChI=1S/C31H48N2O3/c1-3-5-7-9-11-12-13-14-15-16-18-22-26-32(29(34)25-19-17-10-8-6-4-2)33-30(35)27-23-20-21-24-28(27)31(33)36/h20-24,26H,3-19,25H2,1-2H3/b26-22-. The summed E-state index contributed by atoms with van der Waals surface area (Å²) in [5.41, 5.74) is 0.728. The lowest BCUT2D eigenvalue weighted by Crippen LogP contribution is -2.46. The van der Waals surface area contributed by atoms with E-state index in [0.717, 1.165) is 43.5 Å². The van der Waals surface area contributed by atoms with E-state index in [4.69, 9.17) is 0 Å². The molecule has 200 valence electrons. The smallest absolute Gasteiger partial charge is 0.273 e. The van der Waals surface area contributed by atoms with Gasteiger partial charge in [0.2, 0.25) is 5.91 Å². The molecule has 0 unspecified atom stereocenters. The van der Waals surface area contributed by atoms with Crippen molar-refractivity contribution in [1.82, 2.24) is 10.0 Å². The second kappa shape index (κ2) is 17.9. The van der Waals surface area contributed by atoms with Crippen molar-refractivity contribution in [2.75, 3.05) is 0 Å². The first kappa shape index (κ1) is 29.8. The summed E-state index contributed by atoms with van der Waals surface area (Å²) >= 11 is 0. The Morgan fingerprint density at radius 3 is 1.64 bits per heavy atom. The normalized spacial score (nSPS) is 13.1. The quantitative estimate of drug-likeness (QED) is 0.134. The van der Waals surface area contributed by atoms with Gasteiger partial charge in [0.25, 0.3) is 11.8 Å². The Balaban J connectivity index is 1.84. The molecule has 0 bridgehead atoms. The second-order valence-electron chi connectivity index (χ2n) is 10.1. The molecule has 1 heterocycles. The minimum Gasteiger partial charge on any atom is -0.273 e. The van der Waals surface area contributed by atoms with Gasteiger partial charge in [0.05, 0.1) is 11.1 Å². The number of fused-ring (bicyclic) bond motifs is 1. The van der Waals surface area contributed by atoms with E-state index in [2.05, 4.69) is 13.8 Å². The lowest BCUT2D eigenvalue weighted by molar-refractivity contribution is -0.136. The van der Waals surface area contributed by atoms with Crippen LogP contribution in [0.3, 0.4) is 0 Å². The molecular formula is C31H48N2O3. The van der Waals surface area contributed by atoms with Crippen LogP contribution >= 0.6 is 0 Å². The van der Waals surface area contributed by atoms with Gasteiger partial charge in [-0.2, -0.15) is 5.01 Å². The lowest BCUT2D eigenvalue weighted by Gasteiger charge is -2.27. The van der Waals surface area contributed by atoms with Gasteiger partial charge in [-0.3, -0.25) is 14.4 Å². The van der Waals surface area contributed by atoms with Gasteiger partial charge in [-0.05, 0) is 31.4 Å². The van der Waals surface area contributed by atoms with Crippen molar-refractivity contribution >= 4 is 17.7 Å². The van der Waals surface area contributed by atoms with Crippen molar-refractivity contribution < 1.29 is 14.4 Å². The molecule has 1 aliphatic heterocycles. The zero-order valence-corrected chi connectivity index (χ0v) is 22.8. The van der Waals surface area contributed by atoms with Crippen LogP contribution in [0.1, 0.15) is 150 Å². The zero-order valence-electron chi connectivity index (χ0n) is 22.8. The van der Waals surface area contributed by atoms with E-state index in [0.29, 0.717) is 17.5 Å². The predicted octanol–water partition coefficient (Wildman–Crippen LogP) is 8.60. The summed E-state index contributed by atoms with van der Waals surface area (Å²) in [7, 11) is 0. The fourth-order valence-electron chi connectivity index (χ4n) is 4.73. The second-order valence-corrected chi connectivity index (χ2v) is 10.1. The molecule has 0 atom stereocenters. The molecule has 5 heteroatoms. The Morgan fingerprint density at radius 2 is 1.14 bits per heavy atom. The first-order valence-corrected chi connectivity index (χ1v) is 14.6. The van der Waals surface area contributed by atoms with Crippen LogP contribution in [0.25, 0.3) is 0 Å². The number of unbranched alkanes of at least 4 members (excludes halogenated alkanes) is 15. The monoisotopic (exact) mass is 496 g/mol. The van der Waals surface area contributed by atoms with Gasteiger partial charge in [-0.1, -0.05) is 122 Å². The van der Waals surface area contributed by atoms with Crippen LogP contribution in [0.4, 0.5) is 0 Å². The number of carbonyl (C=O) groups excluding carboxylic acids is 3. The molecule has 0 aromatic heterocycles. The maximum absolute atomic E-state index is 13.1. The molecule has 3 amide bonds. The Kier molecular flexibility index (Phi) is 14.8. The first-order valence-electron chi connectivity index (χ1n) is 14.6. The summed E-state index contributed by atoms with van der Waals surface area (Å²) in [6.45, 7) is 4.43. The number of hydrazine groups is 1. The van der Waals surface area contributed by atoms with E-state index >= 15 is 0 Å². The zero-order chi connectivity index (χ0) is 26.0. The van der Waals surface area contributed by atoms with Crippen LogP contribution in [0.2, 0.25) is 0 Å². The molecule has 36 heavy (non-hydrogen) atoms. The molecule has 0 saturated heterocycles. The fraction of sp³-hybridized carbons (Fsp3) is 0.645. The average molecular weight is 497 g/mol. The Labute approximate surface area is 219 Å². The molecular weight excluding hydrogens is 448 g/mol. The van der Waals surface area contributed by atoms with Gasteiger partial charge in [0.1, 0.15) is 0 Å². The van der Waals surface area contributed by atoms with Crippen molar-refractivity contribution in [3.05, 3.63) is 47.7 Å². The molecule has 0 aliphatic carbocycles. The van der Waals surface area contributed by atoms with Crippen molar-refractivity contribution in [2.45, 2.75) is 129 Å². The SMILES string of the molecule is CCCCCCCCCCCC/C=C\N(C(=O)CCCCCCCC)N1C(=O)c2ccccc2C1=O. The minimum atomic E-state index is -0.421. The van der Waals surface area contributed by atoms with E-state index in [1.807, 2.05) is 6.08 Å². The first-order chi connectivity index (χ1) is 17.6. The van der Waals surface area contributed by atoms with E-state index in [9.17, 15) is 14.4 Å². The Morgan fingerprint density at radius 1 is 0.694 bits per heavy atom. The van der Waals surface area contributed by atoms with Gasteiger partial charge >= 0.3 is 0 Å². The predicted molar refractivity (Wildman–Crippen MR) is 147 cm³/mol. The number of imide groups is 1. The molecule has 0 N–H and O–H groups in total. The topological polar surface area (TPSA) is 57.7 Å². The maximum atomic E-state index is 13.1. The molecule has 1 aliphatic rings. The highest BCUT2D eigenvalue weighted by Crippen LogP contribution is 2.25. The van der Waals surface area contributed by atoms with E-state index < -0.39 is 11.8 Å². The molecule has 2 rings (SSSR count). The third kappa shape index (κ3) is 9.91. The third-order valence-corrected chi connectivity index (χ3v) is 6.96. The molecule has 0 radical (unpaired) electrons. The number of benzene rings is 1. The van der Waals surface area contributed by atoms with E-state index in [1.54, 1.807) is 30.5 Å². The van der Waals surface area contributed by atoms with Crippen molar-refractivity contribution in [3.63, 3.8) is 0 Å². The van der Waals surface area contributed by atoms with Crippen LogP contribution in [0, 0.1) is 0 Å². The number of amides is 3. The highest BCUT2D eigenvalue weighted by molar-refractivity contribution is 6.21. The summed E-state index contributed by atoms with van der Waals surface area (Å²) in [5, 5.41) is 2.30. The Hall–Kier alpha value is -2.43. The van der Waals surface area contributed by atoms with Crippen molar-refractivity contribution in [2.24, 2.45) is 0 Å². The number of allylic oxidation sites excluding steroid dienone is 1. The maximum Gasteiger partial charge on any atom is 0.281 e. The minimum absolute atomic E-state index is 0.195. The molecule has 1 aromatic rings. The molecule has 0 fully saturated rings. The van der Waals surface area contributed by atoms with Crippen LogP contribution in [-0.4, -0.2) is 27.7 Å². The molecule has 0 spiro atoms. The number of nitrogens with zero attached hydrogens (tertiary/aromatic N) is 2. The number of carbonyl (C=O) groups is 3. The highest BCUT2D eigenvalue weighted by atomic mass is 16.2. The average Bonchev–Trinajstić information content (AvgIpc) is 3.14. The lowest BCUT2D eigenvalue weighted by atomic mass is 10.1. The fourth-order valence-corrected chi connectivity index (χ4v) is 4.73. The summed E-state index contributed by atoms with van der Waals surface area (Å²) in [5.74, 6) is -1.04. The molecule has 0 saturated carbocycles. The summed E-state index contributed by atoms with van der Waals surface area (Å²) in [4.78, 5) is 39.1. The molecule has 1 aromatic carbocycles. The number of hydrogen-bond acceptors (Lipinski definition) is 3. The van der Waals surface area contributed by atoms with E-state index in [1.165, 1.54) is 75.6 Å². The van der Waals surface area contributed by atoms with Gasteiger partial charge in [-0.25, -0.2) is 5.01 Å². The van der Waals surface area contributed by atoms with Crippen LogP contribution in [0.15, 0.2) is 36.5 Å². The van der Waals surface area contributed by atoms with Gasteiger partial charge in [0.15, 0.2) is 0 Å². The van der Waals surface area contributed by atoms with Crippen molar-refractivity contribution in [3.8, 4) is 0 Å². The van der Waals surface area contributed by atoms with Gasteiger partial charge in [0, 0.05) is 12.6 Å². The van der Waals surface area contributed by atoms with Crippen LogP contribution < -0.4 is 0 Å². The largest absolute Gasteiger partial charge is 0.281 e. The Bertz CT molecular complexity index is 798. The highest BCUT2D eigenvalue weighted by Gasteiger charge is 2.40. The van der Waals surface area contributed by atoms with Gasteiger partial charge < -0.3 is 0 Å². The van der Waals surface area contributed by atoms with Crippen molar-refractivity contribution in [1.29, 1.82) is 0 Å². The van der Waals surface area contributed by atoms with Crippen LogP contribution in [-0.2, 0) is 4.79 Å². The number of hydrogen-bond donors (Lipinski definition) is 0. The molecule has 5 nitrogen and oxygen atoms in total. The third-order valence-electron chi connectivity index (χ3n) is 6.96.